The number of hydrogen-bond donors (Lipinski definition) is 1. The molecule has 1 unspecified atom stereocenters. The lowest BCUT2D eigenvalue weighted by Crippen LogP contribution is -2.48. The smallest absolute Gasteiger partial charge is 0.124 e. The summed E-state index contributed by atoms with van der Waals surface area (Å²) in [4.78, 5) is 6.67. The predicted molar refractivity (Wildman–Crippen MR) is 100 cm³/mol. The number of nitrogens with zero attached hydrogens (tertiary/aromatic N) is 3. The summed E-state index contributed by atoms with van der Waals surface area (Å²) >= 11 is 0. The van der Waals surface area contributed by atoms with Crippen molar-refractivity contribution >= 4 is 0 Å². The van der Waals surface area contributed by atoms with Gasteiger partial charge in [0.2, 0.25) is 0 Å². The third-order valence-corrected chi connectivity index (χ3v) is 5.51. The molecule has 1 saturated heterocycles. The molecule has 0 spiro atoms. The molecule has 0 amide bonds. The molecule has 140 valence electrons. The van der Waals surface area contributed by atoms with Crippen molar-refractivity contribution in [3.63, 3.8) is 0 Å². The highest BCUT2D eigenvalue weighted by atomic mass is 16.5. The zero-order valence-corrected chi connectivity index (χ0v) is 15.6. The van der Waals surface area contributed by atoms with Gasteiger partial charge in [-0.2, -0.15) is 0 Å². The monoisotopic (exact) mass is 356 g/mol. The summed E-state index contributed by atoms with van der Waals surface area (Å²) in [5.41, 5.74) is 2.45. The first kappa shape index (κ1) is 17.5. The summed E-state index contributed by atoms with van der Waals surface area (Å²) < 4.78 is 14.2. The lowest BCUT2D eigenvalue weighted by Gasteiger charge is -2.39. The number of fused-ring (bicyclic) bond motifs is 1. The second-order valence-electron chi connectivity index (χ2n) is 7.25. The first-order valence-electron chi connectivity index (χ1n) is 9.47. The van der Waals surface area contributed by atoms with Gasteiger partial charge in [-0.1, -0.05) is 18.2 Å². The van der Waals surface area contributed by atoms with E-state index in [1.165, 1.54) is 11.3 Å². The molecule has 3 heterocycles. The highest BCUT2D eigenvalue weighted by molar-refractivity contribution is 5.36. The Balaban J connectivity index is 1.50. The number of imidazole rings is 1. The van der Waals surface area contributed by atoms with Crippen LogP contribution >= 0.6 is 0 Å². The predicted octanol–water partition coefficient (Wildman–Crippen LogP) is 2.30. The SMILES string of the molecule is CN1CCO[C@@H](CNC2CCCOc3ccccc32)[C@@H]1c1cncn1C. The number of morpholine rings is 1. The maximum absolute atomic E-state index is 6.17. The van der Waals surface area contributed by atoms with Crippen LogP contribution in [0.4, 0.5) is 0 Å². The number of aryl methyl sites for hydroxylation is 1. The van der Waals surface area contributed by atoms with Crippen LogP contribution in [-0.2, 0) is 11.8 Å². The van der Waals surface area contributed by atoms with Crippen molar-refractivity contribution < 1.29 is 9.47 Å². The molecule has 2 aliphatic rings. The molecule has 0 radical (unpaired) electrons. The Labute approximate surface area is 155 Å². The van der Waals surface area contributed by atoms with Crippen LogP contribution in [-0.4, -0.2) is 53.9 Å². The minimum Gasteiger partial charge on any atom is -0.493 e. The van der Waals surface area contributed by atoms with Gasteiger partial charge in [-0.05, 0) is 26.0 Å². The molecule has 1 aromatic carbocycles. The molecule has 26 heavy (non-hydrogen) atoms. The fourth-order valence-corrected chi connectivity index (χ4v) is 4.10. The van der Waals surface area contributed by atoms with E-state index >= 15 is 0 Å². The van der Waals surface area contributed by atoms with Gasteiger partial charge in [-0.3, -0.25) is 4.90 Å². The van der Waals surface area contributed by atoms with Crippen LogP contribution in [0, 0.1) is 0 Å². The number of para-hydroxylation sites is 1. The van der Waals surface area contributed by atoms with E-state index in [1.54, 1.807) is 0 Å². The molecule has 1 fully saturated rings. The summed E-state index contributed by atoms with van der Waals surface area (Å²) in [5, 5.41) is 3.76. The molecule has 0 saturated carbocycles. The molecular formula is C20H28N4O2. The Bertz CT molecular complexity index is 732. The van der Waals surface area contributed by atoms with Gasteiger partial charge in [-0.25, -0.2) is 4.98 Å². The van der Waals surface area contributed by atoms with Gasteiger partial charge in [0.25, 0.3) is 0 Å². The third kappa shape index (κ3) is 3.49. The molecule has 6 heteroatoms. The number of benzene rings is 1. The molecule has 3 atom stereocenters. The van der Waals surface area contributed by atoms with Gasteiger partial charge in [-0.15, -0.1) is 0 Å². The van der Waals surface area contributed by atoms with Crippen LogP contribution in [0.15, 0.2) is 36.8 Å². The molecule has 6 nitrogen and oxygen atoms in total. The van der Waals surface area contributed by atoms with Crippen LogP contribution in [0.5, 0.6) is 5.75 Å². The highest BCUT2D eigenvalue weighted by Crippen LogP contribution is 2.32. The summed E-state index contributed by atoms with van der Waals surface area (Å²) in [5.74, 6) is 1.01. The van der Waals surface area contributed by atoms with Crippen LogP contribution < -0.4 is 10.1 Å². The van der Waals surface area contributed by atoms with Gasteiger partial charge >= 0.3 is 0 Å². The van der Waals surface area contributed by atoms with Gasteiger partial charge in [0, 0.05) is 37.9 Å². The van der Waals surface area contributed by atoms with Gasteiger partial charge < -0.3 is 19.4 Å². The van der Waals surface area contributed by atoms with Crippen molar-refractivity contribution in [1.29, 1.82) is 0 Å². The van der Waals surface area contributed by atoms with Crippen molar-refractivity contribution in [3.8, 4) is 5.75 Å². The van der Waals surface area contributed by atoms with Gasteiger partial charge in [0.15, 0.2) is 0 Å². The van der Waals surface area contributed by atoms with Crippen molar-refractivity contribution in [3.05, 3.63) is 48.0 Å². The number of hydrogen-bond acceptors (Lipinski definition) is 5. The van der Waals surface area contributed by atoms with Crippen LogP contribution in [0.25, 0.3) is 0 Å². The second kappa shape index (κ2) is 7.78. The lowest BCUT2D eigenvalue weighted by molar-refractivity contribution is -0.0645. The average Bonchev–Trinajstić information content (AvgIpc) is 2.96. The van der Waals surface area contributed by atoms with E-state index in [4.69, 9.17) is 9.47 Å². The average molecular weight is 356 g/mol. The maximum atomic E-state index is 6.17. The third-order valence-electron chi connectivity index (χ3n) is 5.51. The number of ether oxygens (including phenoxy) is 2. The van der Waals surface area contributed by atoms with E-state index in [2.05, 4.69) is 45.0 Å². The first-order chi connectivity index (χ1) is 12.7. The molecule has 2 aliphatic heterocycles. The van der Waals surface area contributed by atoms with Crippen molar-refractivity contribution in [2.75, 3.05) is 33.4 Å². The molecule has 0 bridgehead atoms. The number of likely N-dealkylation sites (N-methyl/N-ethyl adjacent to an activating group) is 1. The topological polar surface area (TPSA) is 51.6 Å². The van der Waals surface area contributed by atoms with E-state index in [0.717, 1.165) is 44.9 Å². The van der Waals surface area contributed by atoms with Crippen LogP contribution in [0.1, 0.15) is 36.2 Å². The molecule has 4 rings (SSSR count). The molecular weight excluding hydrogens is 328 g/mol. The number of aromatic nitrogens is 2. The Morgan fingerprint density at radius 2 is 2.12 bits per heavy atom. The summed E-state index contributed by atoms with van der Waals surface area (Å²) in [6, 6.07) is 8.88. The largest absolute Gasteiger partial charge is 0.493 e. The van der Waals surface area contributed by atoms with Crippen LogP contribution in [0.2, 0.25) is 0 Å². The van der Waals surface area contributed by atoms with E-state index < -0.39 is 0 Å². The van der Waals surface area contributed by atoms with Crippen molar-refractivity contribution in [2.24, 2.45) is 7.05 Å². The van der Waals surface area contributed by atoms with Gasteiger partial charge in [0.1, 0.15) is 5.75 Å². The standard InChI is InChI=1S/C20H28N4O2/c1-23-9-11-26-19(20(23)17-12-21-14-24(17)2)13-22-16-7-5-10-25-18-8-4-3-6-15(16)18/h3-4,6,8,12,14,16,19-20,22H,5,7,9-11,13H2,1-2H3/t16?,19-,20-/m0/s1. The van der Waals surface area contributed by atoms with Gasteiger partial charge in [0.05, 0.1) is 37.4 Å². The molecule has 2 aromatic rings. The first-order valence-corrected chi connectivity index (χ1v) is 9.47. The summed E-state index contributed by atoms with van der Waals surface area (Å²) in [6.45, 7) is 3.29. The summed E-state index contributed by atoms with van der Waals surface area (Å²) in [7, 11) is 4.22. The Morgan fingerprint density at radius 1 is 1.23 bits per heavy atom. The minimum atomic E-state index is 0.0977. The number of rotatable bonds is 4. The van der Waals surface area contributed by atoms with Crippen molar-refractivity contribution in [1.82, 2.24) is 19.8 Å². The molecule has 1 N–H and O–H groups in total. The Hall–Kier alpha value is -1.89. The number of nitrogens with one attached hydrogen (secondary N) is 1. The molecule has 0 aliphatic carbocycles. The maximum Gasteiger partial charge on any atom is 0.124 e. The Morgan fingerprint density at radius 3 is 2.96 bits per heavy atom. The molecule has 1 aromatic heterocycles. The Kier molecular flexibility index (Phi) is 5.24. The lowest BCUT2D eigenvalue weighted by atomic mass is 10.00. The fourth-order valence-electron chi connectivity index (χ4n) is 4.10. The normalized spacial score (nSPS) is 26.8. The van der Waals surface area contributed by atoms with E-state index in [1.807, 2.05) is 25.6 Å². The zero-order chi connectivity index (χ0) is 17.9. The second-order valence-corrected chi connectivity index (χ2v) is 7.25. The quantitative estimate of drug-likeness (QED) is 0.911. The highest BCUT2D eigenvalue weighted by Gasteiger charge is 2.34. The van der Waals surface area contributed by atoms with E-state index in [9.17, 15) is 0 Å². The zero-order valence-electron chi connectivity index (χ0n) is 15.6. The van der Waals surface area contributed by atoms with E-state index in [0.29, 0.717) is 6.04 Å². The summed E-state index contributed by atoms with van der Waals surface area (Å²) in [6.07, 6.45) is 6.05. The van der Waals surface area contributed by atoms with Crippen molar-refractivity contribution in [2.45, 2.75) is 31.0 Å². The van der Waals surface area contributed by atoms with Crippen LogP contribution in [0.3, 0.4) is 0 Å². The van der Waals surface area contributed by atoms with E-state index in [-0.39, 0.29) is 12.1 Å². The fraction of sp³-hybridized carbons (Fsp3) is 0.550. The minimum absolute atomic E-state index is 0.0977.